The number of carboxylic acid groups (broad SMARTS) is 1. The minimum absolute atomic E-state index is 0.0535. The Morgan fingerprint density at radius 1 is 1.57 bits per heavy atom. The zero-order valence-electron chi connectivity index (χ0n) is 11.7. The van der Waals surface area contributed by atoms with Gasteiger partial charge in [-0.05, 0) is 19.9 Å². The van der Waals surface area contributed by atoms with E-state index >= 15 is 0 Å². The fourth-order valence-electron chi connectivity index (χ4n) is 1.78. The van der Waals surface area contributed by atoms with E-state index in [2.05, 4.69) is 9.97 Å². The number of pyridine rings is 1. The SMILES string of the molecule is CC(C)OCCn1c(SCC(=O)O)nc2cc(Cl)cnc21. The summed E-state index contributed by atoms with van der Waals surface area (Å²) in [6, 6.07) is 1.72. The van der Waals surface area contributed by atoms with Gasteiger partial charge in [-0.3, -0.25) is 4.79 Å². The normalized spacial score (nSPS) is 11.4. The first-order chi connectivity index (χ1) is 9.97. The summed E-state index contributed by atoms with van der Waals surface area (Å²) in [5.74, 6) is -0.940. The number of imidazole rings is 1. The molecule has 0 unspecified atom stereocenters. The quantitative estimate of drug-likeness (QED) is 0.787. The highest BCUT2D eigenvalue weighted by Gasteiger charge is 2.14. The van der Waals surface area contributed by atoms with Crippen molar-refractivity contribution in [3.8, 4) is 0 Å². The molecule has 0 aromatic carbocycles. The number of thioether (sulfide) groups is 1. The van der Waals surface area contributed by atoms with Crippen LogP contribution in [0, 0.1) is 0 Å². The van der Waals surface area contributed by atoms with Crippen LogP contribution in [0.4, 0.5) is 0 Å². The highest BCUT2D eigenvalue weighted by atomic mass is 35.5. The van der Waals surface area contributed by atoms with Crippen LogP contribution in [0.15, 0.2) is 17.4 Å². The van der Waals surface area contributed by atoms with Gasteiger partial charge in [-0.2, -0.15) is 0 Å². The van der Waals surface area contributed by atoms with E-state index in [0.29, 0.717) is 34.5 Å². The molecule has 6 nitrogen and oxygen atoms in total. The van der Waals surface area contributed by atoms with Gasteiger partial charge in [0.05, 0.1) is 30.0 Å². The Bertz CT molecular complexity index is 645. The number of hydrogen-bond acceptors (Lipinski definition) is 5. The lowest BCUT2D eigenvalue weighted by atomic mass is 10.4. The zero-order chi connectivity index (χ0) is 15.4. The van der Waals surface area contributed by atoms with Crippen molar-refractivity contribution in [2.24, 2.45) is 0 Å². The third kappa shape index (κ3) is 4.33. The van der Waals surface area contributed by atoms with Gasteiger partial charge < -0.3 is 14.4 Å². The van der Waals surface area contributed by atoms with Gasteiger partial charge in [-0.1, -0.05) is 23.4 Å². The number of ether oxygens (including phenoxy) is 1. The Morgan fingerprint density at radius 2 is 2.33 bits per heavy atom. The molecule has 1 N–H and O–H groups in total. The molecule has 0 fully saturated rings. The summed E-state index contributed by atoms with van der Waals surface area (Å²) in [5.41, 5.74) is 1.33. The van der Waals surface area contributed by atoms with Crippen molar-refractivity contribution in [3.05, 3.63) is 17.3 Å². The number of halogens is 1. The first-order valence-corrected chi connectivity index (χ1v) is 7.81. The minimum Gasteiger partial charge on any atom is -0.481 e. The van der Waals surface area contributed by atoms with Crippen LogP contribution in [0.25, 0.3) is 11.2 Å². The average Bonchev–Trinajstić information content (AvgIpc) is 2.73. The predicted octanol–water partition coefficient (Wildman–Crippen LogP) is 2.69. The molecule has 21 heavy (non-hydrogen) atoms. The Hall–Kier alpha value is -1.31. The van der Waals surface area contributed by atoms with Crippen LogP contribution in [0.1, 0.15) is 13.8 Å². The maximum absolute atomic E-state index is 10.7. The summed E-state index contributed by atoms with van der Waals surface area (Å²) in [4.78, 5) is 19.4. The molecule has 2 heterocycles. The molecule has 114 valence electrons. The standard InChI is InChI=1S/C13H16ClN3O3S/c1-8(2)20-4-3-17-12-10(5-9(14)6-15-12)16-13(17)21-7-11(18)19/h5-6,8H,3-4,7H2,1-2H3,(H,18,19). The molecular formula is C13H16ClN3O3S. The molecule has 2 aromatic heterocycles. The Morgan fingerprint density at radius 3 is 3.00 bits per heavy atom. The van der Waals surface area contributed by atoms with Crippen LogP contribution >= 0.6 is 23.4 Å². The predicted molar refractivity (Wildman–Crippen MR) is 82.0 cm³/mol. The largest absolute Gasteiger partial charge is 0.481 e. The van der Waals surface area contributed by atoms with Crippen molar-refractivity contribution in [1.29, 1.82) is 0 Å². The molecule has 2 aromatic rings. The molecule has 2 rings (SSSR count). The molecule has 8 heteroatoms. The summed E-state index contributed by atoms with van der Waals surface area (Å²) in [6.07, 6.45) is 1.69. The number of aliphatic carboxylic acids is 1. The van der Waals surface area contributed by atoms with Crippen LogP contribution in [-0.4, -0.2) is 44.1 Å². The van der Waals surface area contributed by atoms with Gasteiger partial charge in [0.2, 0.25) is 0 Å². The van der Waals surface area contributed by atoms with Crippen LogP contribution < -0.4 is 0 Å². The van der Waals surface area contributed by atoms with E-state index in [1.165, 1.54) is 0 Å². The molecule has 0 amide bonds. The van der Waals surface area contributed by atoms with Crippen LogP contribution in [0.2, 0.25) is 5.02 Å². The number of carbonyl (C=O) groups is 1. The Labute approximate surface area is 131 Å². The van der Waals surface area contributed by atoms with Gasteiger partial charge >= 0.3 is 5.97 Å². The molecule has 0 saturated heterocycles. The van der Waals surface area contributed by atoms with Crippen molar-refractivity contribution in [1.82, 2.24) is 14.5 Å². The van der Waals surface area contributed by atoms with Gasteiger partial charge in [0.25, 0.3) is 0 Å². The molecule has 0 bridgehead atoms. The first-order valence-electron chi connectivity index (χ1n) is 6.45. The second kappa shape index (κ2) is 7.11. The fourth-order valence-corrected chi connectivity index (χ4v) is 2.68. The topological polar surface area (TPSA) is 77.2 Å². The van der Waals surface area contributed by atoms with Gasteiger partial charge in [0.15, 0.2) is 10.8 Å². The van der Waals surface area contributed by atoms with Crippen molar-refractivity contribution in [2.75, 3.05) is 12.4 Å². The van der Waals surface area contributed by atoms with E-state index in [-0.39, 0.29) is 11.9 Å². The number of carboxylic acids is 1. The number of hydrogen-bond donors (Lipinski definition) is 1. The van der Waals surface area contributed by atoms with Crippen LogP contribution in [-0.2, 0) is 16.1 Å². The van der Waals surface area contributed by atoms with Gasteiger partial charge in [-0.15, -0.1) is 0 Å². The van der Waals surface area contributed by atoms with E-state index in [4.69, 9.17) is 21.4 Å². The maximum atomic E-state index is 10.7. The lowest BCUT2D eigenvalue weighted by Gasteiger charge is -2.10. The summed E-state index contributed by atoms with van der Waals surface area (Å²) in [6.45, 7) is 4.99. The molecule has 0 aliphatic carbocycles. The average molecular weight is 330 g/mol. The summed E-state index contributed by atoms with van der Waals surface area (Å²) < 4.78 is 7.40. The highest BCUT2D eigenvalue weighted by Crippen LogP contribution is 2.24. The second-order valence-corrected chi connectivity index (χ2v) is 6.02. The first kappa shape index (κ1) is 16.1. The molecule has 0 aliphatic rings. The van der Waals surface area contributed by atoms with Crippen LogP contribution in [0.3, 0.4) is 0 Å². The minimum atomic E-state index is -0.886. The Kier molecular flexibility index (Phi) is 5.44. The van der Waals surface area contributed by atoms with E-state index < -0.39 is 5.97 Å². The van der Waals surface area contributed by atoms with E-state index in [9.17, 15) is 4.79 Å². The lowest BCUT2D eigenvalue weighted by Crippen LogP contribution is -2.12. The molecule has 0 radical (unpaired) electrons. The maximum Gasteiger partial charge on any atom is 0.313 e. The summed E-state index contributed by atoms with van der Waals surface area (Å²) in [5, 5.41) is 9.92. The zero-order valence-corrected chi connectivity index (χ0v) is 13.3. The van der Waals surface area contributed by atoms with Gasteiger partial charge in [-0.25, -0.2) is 9.97 Å². The monoisotopic (exact) mass is 329 g/mol. The number of rotatable bonds is 7. The third-order valence-electron chi connectivity index (χ3n) is 2.61. The fraction of sp³-hybridized carbons (Fsp3) is 0.462. The van der Waals surface area contributed by atoms with E-state index in [0.717, 1.165) is 11.8 Å². The van der Waals surface area contributed by atoms with Crippen molar-refractivity contribution in [2.45, 2.75) is 31.7 Å². The Balaban J connectivity index is 2.27. The highest BCUT2D eigenvalue weighted by molar-refractivity contribution is 7.99. The van der Waals surface area contributed by atoms with E-state index in [1.807, 2.05) is 18.4 Å². The van der Waals surface area contributed by atoms with Crippen molar-refractivity contribution < 1.29 is 14.6 Å². The summed E-state index contributed by atoms with van der Waals surface area (Å²) in [7, 11) is 0. The second-order valence-electron chi connectivity index (χ2n) is 4.64. The van der Waals surface area contributed by atoms with Crippen molar-refractivity contribution >= 4 is 40.5 Å². The molecule has 0 atom stereocenters. The number of nitrogens with zero attached hydrogens (tertiary/aromatic N) is 3. The molecule has 0 saturated carbocycles. The molecule has 0 aliphatic heterocycles. The van der Waals surface area contributed by atoms with Crippen molar-refractivity contribution in [3.63, 3.8) is 0 Å². The van der Waals surface area contributed by atoms with E-state index in [1.54, 1.807) is 12.3 Å². The summed E-state index contributed by atoms with van der Waals surface area (Å²) >= 11 is 7.08. The lowest BCUT2D eigenvalue weighted by molar-refractivity contribution is -0.133. The molecular weight excluding hydrogens is 314 g/mol. The third-order valence-corrected chi connectivity index (χ3v) is 3.78. The van der Waals surface area contributed by atoms with Crippen LogP contribution in [0.5, 0.6) is 0 Å². The molecule has 0 spiro atoms. The van der Waals surface area contributed by atoms with Gasteiger partial charge in [0, 0.05) is 6.20 Å². The smallest absolute Gasteiger partial charge is 0.313 e. The number of fused-ring (bicyclic) bond motifs is 1. The number of aromatic nitrogens is 3. The van der Waals surface area contributed by atoms with Gasteiger partial charge in [0.1, 0.15) is 5.52 Å².